The zero-order valence-electron chi connectivity index (χ0n) is 11.6. The van der Waals surface area contributed by atoms with E-state index in [0.717, 1.165) is 5.56 Å². The fraction of sp³-hybridized carbons (Fsp3) is 0.200. The van der Waals surface area contributed by atoms with Gasteiger partial charge in [-0.05, 0) is 30.7 Å². The van der Waals surface area contributed by atoms with Crippen molar-refractivity contribution in [1.82, 2.24) is 0 Å². The van der Waals surface area contributed by atoms with Crippen LogP contribution in [0.1, 0.15) is 11.1 Å². The minimum absolute atomic E-state index is 0.247. The molecule has 21 heavy (non-hydrogen) atoms. The molecule has 6 heteroatoms. The first-order chi connectivity index (χ1) is 9.93. The molecule has 0 aliphatic heterocycles. The lowest BCUT2D eigenvalue weighted by atomic mass is 10.1. The van der Waals surface area contributed by atoms with Crippen molar-refractivity contribution in [1.29, 1.82) is 0 Å². The van der Waals surface area contributed by atoms with Crippen molar-refractivity contribution >= 4 is 17.3 Å². The number of phenols is 3. The number of anilines is 1. The van der Waals surface area contributed by atoms with Crippen LogP contribution in [0.5, 0.6) is 23.0 Å². The van der Waals surface area contributed by atoms with Gasteiger partial charge in [-0.15, -0.1) is 0 Å². The lowest BCUT2D eigenvalue weighted by Gasteiger charge is -2.14. The van der Waals surface area contributed by atoms with Gasteiger partial charge in [0, 0.05) is 23.2 Å². The van der Waals surface area contributed by atoms with E-state index in [1.807, 2.05) is 13.0 Å². The van der Waals surface area contributed by atoms with E-state index in [0.29, 0.717) is 22.0 Å². The van der Waals surface area contributed by atoms with Crippen LogP contribution >= 0.6 is 11.6 Å². The number of nitrogens with one attached hydrogen (secondary N) is 1. The quantitative estimate of drug-likeness (QED) is 0.651. The molecule has 0 heterocycles. The first-order valence-corrected chi connectivity index (χ1v) is 6.62. The Kier molecular flexibility index (Phi) is 4.33. The van der Waals surface area contributed by atoms with Gasteiger partial charge in [-0.3, -0.25) is 0 Å². The Morgan fingerprint density at radius 3 is 2.52 bits per heavy atom. The van der Waals surface area contributed by atoms with E-state index in [1.165, 1.54) is 19.2 Å². The highest BCUT2D eigenvalue weighted by Gasteiger charge is 2.12. The molecule has 0 saturated heterocycles. The van der Waals surface area contributed by atoms with Crippen molar-refractivity contribution in [3.63, 3.8) is 0 Å². The van der Waals surface area contributed by atoms with Gasteiger partial charge in [0.25, 0.3) is 0 Å². The maximum Gasteiger partial charge on any atom is 0.200 e. The van der Waals surface area contributed by atoms with Crippen LogP contribution in [0, 0.1) is 6.92 Å². The van der Waals surface area contributed by atoms with Gasteiger partial charge in [-0.1, -0.05) is 11.6 Å². The van der Waals surface area contributed by atoms with Gasteiger partial charge in [0.05, 0.1) is 12.8 Å². The largest absolute Gasteiger partial charge is 0.504 e. The number of halogens is 1. The Morgan fingerprint density at radius 2 is 1.86 bits per heavy atom. The van der Waals surface area contributed by atoms with Crippen LogP contribution in [-0.2, 0) is 6.54 Å². The van der Waals surface area contributed by atoms with Crippen molar-refractivity contribution in [3.8, 4) is 23.0 Å². The van der Waals surface area contributed by atoms with E-state index < -0.39 is 5.75 Å². The molecule has 0 bridgehead atoms. The second-order valence-corrected chi connectivity index (χ2v) is 5.00. The normalized spacial score (nSPS) is 10.4. The molecule has 0 radical (unpaired) electrons. The summed E-state index contributed by atoms with van der Waals surface area (Å²) in [6.07, 6.45) is 0. The van der Waals surface area contributed by atoms with E-state index in [-0.39, 0.29) is 18.0 Å². The molecule has 0 saturated carbocycles. The number of rotatable bonds is 4. The molecule has 0 amide bonds. The van der Waals surface area contributed by atoms with E-state index >= 15 is 0 Å². The second-order valence-electron chi connectivity index (χ2n) is 4.60. The summed E-state index contributed by atoms with van der Waals surface area (Å²) in [5.41, 5.74) is 2.05. The number of methoxy groups -OCH3 is 1. The van der Waals surface area contributed by atoms with Crippen molar-refractivity contribution < 1.29 is 20.1 Å². The monoisotopic (exact) mass is 309 g/mol. The van der Waals surface area contributed by atoms with Gasteiger partial charge < -0.3 is 25.4 Å². The summed E-state index contributed by atoms with van der Waals surface area (Å²) >= 11 is 6.04. The third-order valence-electron chi connectivity index (χ3n) is 3.16. The van der Waals surface area contributed by atoms with Crippen molar-refractivity contribution in [2.24, 2.45) is 0 Å². The molecule has 2 aromatic rings. The molecule has 0 aromatic heterocycles. The summed E-state index contributed by atoms with van der Waals surface area (Å²) in [5, 5.41) is 32.3. The van der Waals surface area contributed by atoms with E-state index in [1.54, 1.807) is 6.07 Å². The molecule has 5 nitrogen and oxygen atoms in total. The number of aromatic hydroxyl groups is 3. The van der Waals surface area contributed by atoms with E-state index in [2.05, 4.69) is 5.32 Å². The molecule has 2 aromatic carbocycles. The molecule has 4 N–H and O–H groups in total. The number of ether oxygens (including phenoxy) is 1. The predicted octanol–water partition coefficient (Wildman–Crippen LogP) is 3.39. The van der Waals surface area contributed by atoms with Gasteiger partial charge >= 0.3 is 0 Å². The molecular formula is C15H16ClNO4. The van der Waals surface area contributed by atoms with Crippen LogP contribution < -0.4 is 10.1 Å². The predicted molar refractivity (Wildman–Crippen MR) is 81.5 cm³/mol. The first-order valence-electron chi connectivity index (χ1n) is 6.24. The van der Waals surface area contributed by atoms with Crippen LogP contribution in [0.4, 0.5) is 5.69 Å². The molecule has 0 atom stereocenters. The number of aryl methyl sites for hydroxylation is 1. The topological polar surface area (TPSA) is 82.0 Å². The van der Waals surface area contributed by atoms with Crippen LogP contribution in [0.3, 0.4) is 0 Å². The minimum Gasteiger partial charge on any atom is -0.504 e. The van der Waals surface area contributed by atoms with Gasteiger partial charge in [-0.2, -0.15) is 0 Å². The zero-order valence-corrected chi connectivity index (χ0v) is 12.4. The van der Waals surface area contributed by atoms with Crippen molar-refractivity contribution in [3.05, 3.63) is 40.4 Å². The average Bonchev–Trinajstić information content (AvgIpc) is 2.47. The van der Waals surface area contributed by atoms with Crippen molar-refractivity contribution in [2.75, 3.05) is 12.4 Å². The second kappa shape index (κ2) is 6.01. The molecule has 0 fully saturated rings. The van der Waals surface area contributed by atoms with Gasteiger partial charge in [0.2, 0.25) is 5.75 Å². The fourth-order valence-corrected chi connectivity index (χ4v) is 2.07. The van der Waals surface area contributed by atoms with Gasteiger partial charge in [0.15, 0.2) is 11.5 Å². The Balaban J connectivity index is 2.24. The number of hydrogen-bond acceptors (Lipinski definition) is 5. The fourth-order valence-electron chi connectivity index (χ4n) is 1.91. The highest BCUT2D eigenvalue weighted by atomic mass is 35.5. The SMILES string of the molecule is COc1cc(Cl)c(C)cc1NCc1ccc(O)c(O)c1O. The summed E-state index contributed by atoms with van der Waals surface area (Å²) in [6.45, 7) is 2.12. The zero-order chi connectivity index (χ0) is 15.6. The Morgan fingerprint density at radius 1 is 1.14 bits per heavy atom. The number of hydrogen-bond donors (Lipinski definition) is 4. The molecule has 0 unspecified atom stereocenters. The van der Waals surface area contributed by atoms with Crippen LogP contribution in [-0.4, -0.2) is 22.4 Å². The number of phenolic OH excluding ortho intramolecular Hbond substituents is 3. The third kappa shape index (κ3) is 3.08. The molecule has 0 aliphatic rings. The van der Waals surface area contributed by atoms with Gasteiger partial charge in [-0.25, -0.2) is 0 Å². The van der Waals surface area contributed by atoms with Crippen LogP contribution in [0.15, 0.2) is 24.3 Å². The summed E-state index contributed by atoms with van der Waals surface area (Å²) in [6, 6.07) is 6.37. The maximum absolute atomic E-state index is 9.78. The first kappa shape index (κ1) is 15.1. The Labute approximate surface area is 127 Å². The standard InChI is InChI=1S/C15H16ClNO4/c1-8-5-11(13(21-2)6-10(8)16)17-7-9-3-4-12(18)15(20)14(9)19/h3-6,17-20H,7H2,1-2H3. The highest BCUT2D eigenvalue weighted by molar-refractivity contribution is 6.31. The Hall–Kier alpha value is -2.27. The highest BCUT2D eigenvalue weighted by Crippen LogP contribution is 2.38. The maximum atomic E-state index is 9.78. The summed E-state index contributed by atoms with van der Waals surface area (Å²) in [7, 11) is 1.54. The lowest BCUT2D eigenvalue weighted by molar-refractivity contribution is 0.365. The van der Waals surface area contributed by atoms with Crippen LogP contribution in [0.25, 0.3) is 0 Å². The summed E-state index contributed by atoms with van der Waals surface area (Å²) in [4.78, 5) is 0. The number of benzene rings is 2. The van der Waals surface area contributed by atoms with E-state index in [9.17, 15) is 15.3 Å². The summed E-state index contributed by atoms with van der Waals surface area (Å²) < 4.78 is 5.24. The third-order valence-corrected chi connectivity index (χ3v) is 3.57. The average molecular weight is 310 g/mol. The molecule has 112 valence electrons. The lowest BCUT2D eigenvalue weighted by Crippen LogP contribution is -2.02. The Bertz CT molecular complexity index is 673. The molecule has 0 spiro atoms. The molecular weight excluding hydrogens is 294 g/mol. The summed E-state index contributed by atoms with van der Waals surface area (Å²) in [5.74, 6) is -0.676. The minimum atomic E-state index is -0.534. The van der Waals surface area contributed by atoms with Gasteiger partial charge in [0.1, 0.15) is 5.75 Å². The van der Waals surface area contributed by atoms with E-state index in [4.69, 9.17) is 16.3 Å². The molecule has 0 aliphatic carbocycles. The van der Waals surface area contributed by atoms with Crippen LogP contribution in [0.2, 0.25) is 5.02 Å². The van der Waals surface area contributed by atoms with Crippen molar-refractivity contribution in [2.45, 2.75) is 13.5 Å². The smallest absolute Gasteiger partial charge is 0.200 e. The molecule has 2 rings (SSSR count).